The van der Waals surface area contributed by atoms with Crippen molar-refractivity contribution in [1.82, 2.24) is 15.8 Å². The number of hydrogen-bond acceptors (Lipinski definition) is 5. The van der Waals surface area contributed by atoms with Crippen LogP contribution in [-0.2, 0) is 0 Å². The Morgan fingerprint density at radius 3 is 2.57 bits per heavy atom. The number of aromatic hydroxyl groups is 1. The van der Waals surface area contributed by atoms with Gasteiger partial charge in [-0.3, -0.25) is 25.4 Å². The molecule has 0 unspecified atom stereocenters. The second kappa shape index (κ2) is 6.38. The van der Waals surface area contributed by atoms with Gasteiger partial charge in [-0.2, -0.15) is 0 Å². The molecule has 0 atom stereocenters. The van der Waals surface area contributed by atoms with Crippen molar-refractivity contribution in [3.63, 3.8) is 0 Å². The quantitative estimate of drug-likeness (QED) is 0.727. The van der Waals surface area contributed by atoms with Crippen LogP contribution in [0.3, 0.4) is 0 Å². The Morgan fingerprint density at radius 1 is 1.14 bits per heavy atom. The molecular formula is C14H13N3O4. The standard InChI is InChI=1S/C14H13N3O4/c1-21-9-5-6-12(18)10(8-9)13(19)16-17-14(20)11-4-2-3-7-15-11/h2-8,18H,1H3,(H,16,19)(H,17,20). The minimum absolute atomic E-state index is 0.0179. The van der Waals surface area contributed by atoms with E-state index in [9.17, 15) is 14.7 Å². The van der Waals surface area contributed by atoms with Crippen LogP contribution >= 0.6 is 0 Å². The lowest BCUT2D eigenvalue weighted by Gasteiger charge is -2.09. The van der Waals surface area contributed by atoms with E-state index in [0.717, 1.165) is 0 Å². The van der Waals surface area contributed by atoms with Gasteiger partial charge in [-0.1, -0.05) is 6.07 Å². The summed E-state index contributed by atoms with van der Waals surface area (Å²) in [6.45, 7) is 0. The highest BCUT2D eigenvalue weighted by Crippen LogP contribution is 2.22. The van der Waals surface area contributed by atoms with Crippen LogP contribution in [-0.4, -0.2) is 29.0 Å². The predicted octanol–water partition coefficient (Wildman–Crippen LogP) is 0.871. The number of phenolic OH excluding ortho intramolecular Hbond substituents is 1. The number of methoxy groups -OCH3 is 1. The fourth-order valence-electron chi connectivity index (χ4n) is 1.57. The molecule has 108 valence electrons. The van der Waals surface area contributed by atoms with Crippen molar-refractivity contribution in [3.8, 4) is 11.5 Å². The van der Waals surface area contributed by atoms with E-state index in [2.05, 4.69) is 15.8 Å². The average Bonchev–Trinajstić information content (AvgIpc) is 2.53. The maximum atomic E-state index is 11.9. The third-order valence-corrected chi connectivity index (χ3v) is 2.64. The normalized spacial score (nSPS) is 9.76. The van der Waals surface area contributed by atoms with E-state index in [1.807, 2.05) is 0 Å². The smallest absolute Gasteiger partial charge is 0.288 e. The largest absolute Gasteiger partial charge is 0.507 e. The number of benzene rings is 1. The molecule has 0 aliphatic rings. The summed E-state index contributed by atoms with van der Waals surface area (Å²) in [4.78, 5) is 27.5. The van der Waals surface area contributed by atoms with E-state index in [1.165, 1.54) is 37.6 Å². The number of carbonyl (C=O) groups is 2. The van der Waals surface area contributed by atoms with Gasteiger partial charge >= 0.3 is 0 Å². The van der Waals surface area contributed by atoms with Gasteiger partial charge in [0.05, 0.1) is 12.7 Å². The third kappa shape index (κ3) is 3.47. The highest BCUT2D eigenvalue weighted by atomic mass is 16.5. The molecule has 7 heteroatoms. The SMILES string of the molecule is COc1ccc(O)c(C(=O)NNC(=O)c2ccccn2)c1. The lowest BCUT2D eigenvalue weighted by atomic mass is 10.2. The number of nitrogens with one attached hydrogen (secondary N) is 2. The molecule has 1 heterocycles. The number of pyridine rings is 1. The van der Waals surface area contributed by atoms with Crippen molar-refractivity contribution < 1.29 is 19.4 Å². The van der Waals surface area contributed by atoms with E-state index < -0.39 is 11.8 Å². The van der Waals surface area contributed by atoms with E-state index in [4.69, 9.17) is 4.74 Å². The lowest BCUT2D eigenvalue weighted by molar-refractivity contribution is 0.0842. The maximum Gasteiger partial charge on any atom is 0.288 e. The minimum atomic E-state index is -0.671. The van der Waals surface area contributed by atoms with Crippen LogP contribution in [0.2, 0.25) is 0 Å². The molecule has 3 N–H and O–H groups in total. The summed E-state index contributed by atoms with van der Waals surface area (Å²) in [5.41, 5.74) is 4.55. The Morgan fingerprint density at radius 2 is 1.90 bits per heavy atom. The van der Waals surface area contributed by atoms with Crippen LogP contribution in [0.25, 0.3) is 0 Å². The monoisotopic (exact) mass is 287 g/mol. The minimum Gasteiger partial charge on any atom is -0.507 e. The first kappa shape index (κ1) is 14.3. The number of carbonyl (C=O) groups excluding carboxylic acids is 2. The van der Waals surface area contributed by atoms with Gasteiger partial charge < -0.3 is 9.84 Å². The van der Waals surface area contributed by atoms with E-state index in [-0.39, 0.29) is 17.0 Å². The number of rotatable bonds is 3. The van der Waals surface area contributed by atoms with Crippen LogP contribution in [0.4, 0.5) is 0 Å². The molecule has 0 saturated carbocycles. The first-order chi connectivity index (χ1) is 10.1. The molecule has 0 aliphatic carbocycles. The second-order valence-electron chi connectivity index (χ2n) is 4.01. The number of amides is 2. The molecule has 2 amide bonds. The number of phenols is 1. The van der Waals surface area contributed by atoms with Gasteiger partial charge in [-0.05, 0) is 30.3 Å². The van der Waals surface area contributed by atoms with Gasteiger partial charge in [-0.25, -0.2) is 0 Å². The van der Waals surface area contributed by atoms with Gasteiger partial charge in [0.1, 0.15) is 17.2 Å². The lowest BCUT2D eigenvalue weighted by Crippen LogP contribution is -2.41. The topological polar surface area (TPSA) is 101 Å². The fourth-order valence-corrected chi connectivity index (χ4v) is 1.57. The molecule has 0 bridgehead atoms. The van der Waals surface area contributed by atoms with E-state index in [1.54, 1.807) is 12.1 Å². The van der Waals surface area contributed by atoms with Crippen molar-refractivity contribution in [3.05, 3.63) is 53.9 Å². The van der Waals surface area contributed by atoms with E-state index >= 15 is 0 Å². The summed E-state index contributed by atoms with van der Waals surface area (Å²) < 4.78 is 4.97. The Bertz CT molecular complexity index is 659. The summed E-state index contributed by atoms with van der Waals surface area (Å²) in [5, 5.41) is 9.64. The zero-order valence-electron chi connectivity index (χ0n) is 11.2. The predicted molar refractivity (Wildman–Crippen MR) is 73.8 cm³/mol. The van der Waals surface area contributed by atoms with Crippen molar-refractivity contribution in [2.24, 2.45) is 0 Å². The van der Waals surface area contributed by atoms with Gasteiger partial charge in [-0.15, -0.1) is 0 Å². The molecular weight excluding hydrogens is 274 g/mol. The summed E-state index contributed by atoms with van der Waals surface area (Å²) in [5.74, 6) is -1.04. The third-order valence-electron chi connectivity index (χ3n) is 2.64. The second-order valence-corrected chi connectivity index (χ2v) is 4.01. The Kier molecular flexibility index (Phi) is 4.35. The van der Waals surface area contributed by atoms with Crippen molar-refractivity contribution in [2.75, 3.05) is 7.11 Å². The molecule has 0 aliphatic heterocycles. The molecule has 21 heavy (non-hydrogen) atoms. The maximum absolute atomic E-state index is 11.9. The summed E-state index contributed by atoms with van der Waals surface area (Å²) in [6, 6.07) is 9.02. The van der Waals surface area contributed by atoms with Crippen molar-refractivity contribution in [2.45, 2.75) is 0 Å². The van der Waals surface area contributed by atoms with Crippen LogP contribution in [0, 0.1) is 0 Å². The number of aromatic nitrogens is 1. The summed E-state index contributed by atoms with van der Waals surface area (Å²) >= 11 is 0. The van der Waals surface area contributed by atoms with Gasteiger partial charge in [0, 0.05) is 6.20 Å². The number of hydrogen-bond donors (Lipinski definition) is 3. The number of nitrogens with zero attached hydrogens (tertiary/aromatic N) is 1. The Balaban J connectivity index is 2.04. The molecule has 1 aromatic carbocycles. The van der Waals surface area contributed by atoms with Gasteiger partial charge in [0.15, 0.2) is 0 Å². The number of hydrazine groups is 1. The zero-order valence-corrected chi connectivity index (χ0v) is 11.2. The first-order valence-corrected chi connectivity index (χ1v) is 6.00. The molecule has 0 spiro atoms. The molecule has 0 radical (unpaired) electrons. The average molecular weight is 287 g/mol. The Labute approximate surface area is 120 Å². The molecule has 0 saturated heterocycles. The van der Waals surface area contributed by atoms with Crippen LogP contribution < -0.4 is 15.6 Å². The highest BCUT2D eigenvalue weighted by Gasteiger charge is 2.14. The van der Waals surface area contributed by atoms with Crippen LogP contribution in [0.5, 0.6) is 11.5 Å². The van der Waals surface area contributed by atoms with Gasteiger partial charge in [0.25, 0.3) is 11.8 Å². The Hall–Kier alpha value is -3.09. The van der Waals surface area contributed by atoms with Crippen molar-refractivity contribution >= 4 is 11.8 Å². The molecule has 1 aromatic heterocycles. The van der Waals surface area contributed by atoms with Crippen molar-refractivity contribution in [1.29, 1.82) is 0 Å². The first-order valence-electron chi connectivity index (χ1n) is 6.00. The van der Waals surface area contributed by atoms with E-state index in [0.29, 0.717) is 5.75 Å². The summed E-state index contributed by atoms with van der Waals surface area (Å²) in [7, 11) is 1.44. The summed E-state index contributed by atoms with van der Waals surface area (Å²) in [6.07, 6.45) is 1.46. The van der Waals surface area contributed by atoms with Gasteiger partial charge in [0.2, 0.25) is 0 Å². The van der Waals surface area contributed by atoms with Crippen LogP contribution in [0.15, 0.2) is 42.6 Å². The molecule has 7 nitrogen and oxygen atoms in total. The molecule has 2 rings (SSSR count). The molecule has 2 aromatic rings. The number of ether oxygens (including phenoxy) is 1. The molecule has 0 fully saturated rings. The zero-order chi connectivity index (χ0) is 15.2. The highest BCUT2D eigenvalue weighted by molar-refractivity contribution is 6.00. The fraction of sp³-hybridized carbons (Fsp3) is 0.0714. The van der Waals surface area contributed by atoms with Crippen LogP contribution in [0.1, 0.15) is 20.8 Å².